The van der Waals surface area contributed by atoms with E-state index in [4.69, 9.17) is 21.1 Å². The molecular weight excluding hydrogens is 342 g/mol. The van der Waals surface area contributed by atoms with Gasteiger partial charge >= 0.3 is 0 Å². The van der Waals surface area contributed by atoms with E-state index in [2.05, 4.69) is 0 Å². The topological polar surface area (TPSA) is 55.8 Å². The molecule has 0 unspecified atom stereocenters. The minimum absolute atomic E-state index is 0.198. The predicted octanol–water partition coefficient (Wildman–Crippen LogP) is 3.37. The lowest BCUT2D eigenvalue weighted by molar-refractivity contribution is 0.0631. The highest BCUT2D eigenvalue weighted by Gasteiger charge is 2.34. The van der Waals surface area contributed by atoms with Gasteiger partial charge in [0, 0.05) is 11.9 Å². The zero-order valence-electron chi connectivity index (χ0n) is 13.6. The molecule has 0 fully saturated rings. The Morgan fingerprint density at radius 2 is 1.44 bits per heavy atom. The number of amides is 2. The van der Waals surface area contributed by atoms with Crippen LogP contribution in [0.3, 0.4) is 0 Å². The van der Waals surface area contributed by atoms with Crippen LogP contribution in [0.15, 0.2) is 48.5 Å². The van der Waals surface area contributed by atoms with Gasteiger partial charge in [0.1, 0.15) is 18.1 Å². The molecule has 1 heterocycles. The predicted molar refractivity (Wildman–Crippen MR) is 94.6 cm³/mol. The number of benzene rings is 2. The fourth-order valence-corrected chi connectivity index (χ4v) is 2.70. The summed E-state index contributed by atoms with van der Waals surface area (Å²) < 4.78 is 11.2. The molecule has 0 bridgehead atoms. The molecule has 2 aromatic rings. The van der Waals surface area contributed by atoms with Crippen LogP contribution in [0.1, 0.15) is 27.1 Å². The molecule has 2 amide bonds. The average Bonchev–Trinajstić information content (AvgIpc) is 2.88. The van der Waals surface area contributed by atoms with Crippen LogP contribution in [0.2, 0.25) is 0 Å². The summed E-state index contributed by atoms with van der Waals surface area (Å²) >= 11 is 5.62. The number of ether oxygens (including phenoxy) is 2. The highest BCUT2D eigenvalue weighted by atomic mass is 35.5. The lowest BCUT2D eigenvalue weighted by Gasteiger charge is -2.15. The zero-order valence-corrected chi connectivity index (χ0v) is 14.4. The Labute approximate surface area is 151 Å². The van der Waals surface area contributed by atoms with Crippen LogP contribution >= 0.6 is 11.6 Å². The Kier molecular flexibility index (Phi) is 5.56. The maximum absolute atomic E-state index is 12.3. The van der Waals surface area contributed by atoms with Crippen LogP contribution in [-0.4, -0.2) is 42.4 Å². The molecule has 0 saturated heterocycles. The summed E-state index contributed by atoms with van der Waals surface area (Å²) in [4.78, 5) is 25.8. The standard InChI is InChI=1S/C19H18ClNO4/c20-9-4-11-24-14-5-3-6-15(13-14)25-12-10-21-18(22)16-7-1-2-8-17(16)19(21)23/h1-3,5-8,13H,4,9-12H2. The highest BCUT2D eigenvalue weighted by Crippen LogP contribution is 2.23. The summed E-state index contributed by atoms with van der Waals surface area (Å²) in [5.41, 5.74) is 0.893. The van der Waals surface area contributed by atoms with Crippen LogP contribution in [-0.2, 0) is 0 Å². The molecule has 0 N–H and O–H groups in total. The van der Waals surface area contributed by atoms with Crippen molar-refractivity contribution in [2.24, 2.45) is 0 Å². The van der Waals surface area contributed by atoms with E-state index in [9.17, 15) is 9.59 Å². The van der Waals surface area contributed by atoms with E-state index in [1.54, 1.807) is 36.4 Å². The Balaban J connectivity index is 1.54. The van der Waals surface area contributed by atoms with E-state index in [0.717, 1.165) is 6.42 Å². The largest absolute Gasteiger partial charge is 0.493 e. The maximum Gasteiger partial charge on any atom is 0.261 e. The van der Waals surface area contributed by atoms with Gasteiger partial charge in [0.25, 0.3) is 11.8 Å². The Morgan fingerprint density at radius 1 is 0.840 bits per heavy atom. The van der Waals surface area contributed by atoms with E-state index in [-0.39, 0.29) is 25.0 Å². The number of alkyl halides is 1. The first-order chi connectivity index (χ1) is 12.2. The van der Waals surface area contributed by atoms with Gasteiger partial charge in [-0.1, -0.05) is 18.2 Å². The third-order valence-electron chi connectivity index (χ3n) is 3.81. The van der Waals surface area contributed by atoms with Gasteiger partial charge in [-0.25, -0.2) is 0 Å². The van der Waals surface area contributed by atoms with E-state index in [1.807, 2.05) is 12.1 Å². The lowest BCUT2D eigenvalue weighted by Crippen LogP contribution is -2.33. The molecule has 6 heteroatoms. The van der Waals surface area contributed by atoms with Crippen molar-refractivity contribution in [1.82, 2.24) is 4.90 Å². The van der Waals surface area contributed by atoms with Crippen molar-refractivity contribution in [3.05, 3.63) is 59.7 Å². The monoisotopic (exact) mass is 359 g/mol. The Bertz CT molecular complexity index is 743. The van der Waals surface area contributed by atoms with Gasteiger partial charge in [0.15, 0.2) is 0 Å². The molecule has 3 rings (SSSR count). The molecule has 0 aliphatic carbocycles. The minimum atomic E-state index is -0.276. The van der Waals surface area contributed by atoms with E-state index < -0.39 is 0 Å². The van der Waals surface area contributed by atoms with Gasteiger partial charge in [-0.3, -0.25) is 14.5 Å². The first-order valence-corrected chi connectivity index (χ1v) is 8.61. The number of imide groups is 1. The zero-order chi connectivity index (χ0) is 17.6. The summed E-state index contributed by atoms with van der Waals surface area (Å²) in [5, 5.41) is 0. The van der Waals surface area contributed by atoms with Gasteiger partial charge in [0.05, 0.1) is 24.3 Å². The van der Waals surface area contributed by atoms with Crippen LogP contribution in [0.25, 0.3) is 0 Å². The molecule has 0 spiro atoms. The average molecular weight is 360 g/mol. The summed E-state index contributed by atoms with van der Waals surface area (Å²) in [7, 11) is 0. The van der Waals surface area contributed by atoms with Crippen LogP contribution < -0.4 is 9.47 Å². The summed E-state index contributed by atoms with van der Waals surface area (Å²) in [6.07, 6.45) is 0.770. The molecule has 130 valence electrons. The van der Waals surface area contributed by atoms with Gasteiger partial charge in [0.2, 0.25) is 0 Å². The molecule has 0 saturated carbocycles. The molecule has 0 aromatic heterocycles. The fourth-order valence-electron chi connectivity index (χ4n) is 2.60. The van der Waals surface area contributed by atoms with Gasteiger partial charge in [-0.15, -0.1) is 11.6 Å². The van der Waals surface area contributed by atoms with Gasteiger partial charge in [-0.05, 0) is 30.7 Å². The quantitative estimate of drug-likeness (QED) is 0.412. The first kappa shape index (κ1) is 17.3. The van der Waals surface area contributed by atoms with Gasteiger partial charge < -0.3 is 9.47 Å². The van der Waals surface area contributed by atoms with Crippen molar-refractivity contribution in [1.29, 1.82) is 0 Å². The number of hydrogen-bond donors (Lipinski definition) is 0. The molecule has 2 aromatic carbocycles. The number of carbonyl (C=O) groups is 2. The normalized spacial score (nSPS) is 13.1. The second kappa shape index (κ2) is 8.03. The maximum atomic E-state index is 12.3. The minimum Gasteiger partial charge on any atom is -0.493 e. The number of nitrogens with zero attached hydrogens (tertiary/aromatic N) is 1. The molecule has 25 heavy (non-hydrogen) atoms. The summed E-state index contributed by atoms with van der Waals surface area (Å²) in [5.74, 6) is 1.32. The Hall–Kier alpha value is -2.53. The molecule has 1 aliphatic rings. The Morgan fingerprint density at radius 3 is 2.04 bits per heavy atom. The molecule has 5 nitrogen and oxygen atoms in total. The molecule has 0 radical (unpaired) electrons. The summed E-state index contributed by atoms with van der Waals surface area (Å²) in [6, 6.07) is 14.1. The molecule has 0 atom stereocenters. The number of fused-ring (bicyclic) bond motifs is 1. The van der Waals surface area contributed by atoms with Crippen molar-refractivity contribution in [2.75, 3.05) is 25.6 Å². The van der Waals surface area contributed by atoms with Gasteiger partial charge in [-0.2, -0.15) is 0 Å². The van der Waals surface area contributed by atoms with E-state index in [1.165, 1.54) is 4.90 Å². The van der Waals surface area contributed by atoms with Crippen LogP contribution in [0, 0.1) is 0 Å². The first-order valence-electron chi connectivity index (χ1n) is 8.07. The lowest BCUT2D eigenvalue weighted by atomic mass is 10.1. The SMILES string of the molecule is O=C1c2ccccc2C(=O)N1CCOc1cccc(OCCCCl)c1. The fraction of sp³-hybridized carbons (Fsp3) is 0.263. The van der Waals surface area contributed by atoms with Crippen molar-refractivity contribution < 1.29 is 19.1 Å². The molecule has 1 aliphatic heterocycles. The van der Waals surface area contributed by atoms with Crippen molar-refractivity contribution in [3.63, 3.8) is 0 Å². The van der Waals surface area contributed by atoms with E-state index >= 15 is 0 Å². The highest BCUT2D eigenvalue weighted by molar-refractivity contribution is 6.21. The smallest absolute Gasteiger partial charge is 0.261 e. The second-order valence-electron chi connectivity index (χ2n) is 5.52. The second-order valence-corrected chi connectivity index (χ2v) is 5.90. The van der Waals surface area contributed by atoms with Crippen molar-refractivity contribution >= 4 is 23.4 Å². The van der Waals surface area contributed by atoms with Crippen molar-refractivity contribution in [3.8, 4) is 11.5 Å². The summed E-state index contributed by atoms with van der Waals surface area (Å²) in [6.45, 7) is 0.961. The third-order valence-corrected chi connectivity index (χ3v) is 4.08. The van der Waals surface area contributed by atoms with Crippen LogP contribution in [0.4, 0.5) is 0 Å². The number of hydrogen-bond acceptors (Lipinski definition) is 4. The molecular formula is C19H18ClNO4. The van der Waals surface area contributed by atoms with Crippen LogP contribution in [0.5, 0.6) is 11.5 Å². The number of rotatable bonds is 8. The van der Waals surface area contributed by atoms with Crippen molar-refractivity contribution in [2.45, 2.75) is 6.42 Å². The number of halogens is 1. The number of carbonyl (C=O) groups excluding carboxylic acids is 2. The van der Waals surface area contributed by atoms with E-state index in [0.29, 0.717) is 35.1 Å². The third kappa shape index (κ3) is 3.94.